The smallest absolute Gasteiger partial charge is 0.191 e. The first-order valence-electron chi connectivity index (χ1n) is 9.01. The van der Waals surface area contributed by atoms with Gasteiger partial charge in [0.25, 0.3) is 0 Å². The van der Waals surface area contributed by atoms with Gasteiger partial charge in [-0.25, -0.2) is 0 Å². The molecule has 1 aromatic carbocycles. The normalized spacial score (nSPS) is 15.4. The third-order valence-corrected chi connectivity index (χ3v) is 4.28. The first-order chi connectivity index (χ1) is 11.8. The fraction of sp³-hybridized carbons (Fsp3) is 0.632. The number of nitrogens with one attached hydrogen (secondary N) is 2. The van der Waals surface area contributed by atoms with Crippen molar-refractivity contribution in [2.45, 2.75) is 51.2 Å². The van der Waals surface area contributed by atoms with E-state index in [9.17, 15) is 0 Å². The maximum absolute atomic E-state index is 6.06. The average Bonchev–Trinajstić information content (AvgIpc) is 2.63. The molecule has 2 N–H and O–H groups in total. The van der Waals surface area contributed by atoms with E-state index in [-0.39, 0.29) is 24.0 Å². The van der Waals surface area contributed by atoms with Crippen molar-refractivity contribution in [3.8, 4) is 5.75 Å². The molecule has 1 aliphatic rings. The van der Waals surface area contributed by atoms with Gasteiger partial charge in [-0.05, 0) is 49.8 Å². The van der Waals surface area contributed by atoms with Gasteiger partial charge in [0.2, 0.25) is 0 Å². The number of halogens is 1. The van der Waals surface area contributed by atoms with Crippen LogP contribution in [0.5, 0.6) is 5.75 Å². The monoisotopic (exact) mass is 461 g/mol. The highest BCUT2D eigenvalue weighted by atomic mass is 127. The molecule has 142 valence electrons. The molecule has 1 fully saturated rings. The average molecular weight is 461 g/mol. The van der Waals surface area contributed by atoms with Crippen molar-refractivity contribution in [1.82, 2.24) is 10.6 Å². The van der Waals surface area contributed by atoms with E-state index in [1.54, 1.807) is 14.2 Å². The SMILES string of the molecule is CN=C(NCCCOC)NCc1ccc(OC2CCCCC2)cc1.I. The van der Waals surface area contributed by atoms with Gasteiger partial charge in [-0.2, -0.15) is 0 Å². The molecule has 0 atom stereocenters. The van der Waals surface area contributed by atoms with Crippen LogP contribution < -0.4 is 15.4 Å². The van der Waals surface area contributed by atoms with Gasteiger partial charge in [0.05, 0.1) is 6.10 Å². The summed E-state index contributed by atoms with van der Waals surface area (Å²) in [5.41, 5.74) is 1.21. The summed E-state index contributed by atoms with van der Waals surface area (Å²) in [6.07, 6.45) is 7.68. The van der Waals surface area contributed by atoms with Crippen LogP contribution in [-0.4, -0.2) is 39.4 Å². The zero-order valence-electron chi connectivity index (χ0n) is 15.4. The molecule has 6 heteroatoms. The Labute approximate surface area is 169 Å². The van der Waals surface area contributed by atoms with Crippen molar-refractivity contribution >= 4 is 29.9 Å². The molecular formula is C19H32IN3O2. The number of benzene rings is 1. The van der Waals surface area contributed by atoms with Crippen LogP contribution in [0.1, 0.15) is 44.1 Å². The molecular weight excluding hydrogens is 429 g/mol. The van der Waals surface area contributed by atoms with Crippen LogP contribution in [0, 0.1) is 0 Å². The Morgan fingerprint density at radius 3 is 2.48 bits per heavy atom. The number of hydrogen-bond donors (Lipinski definition) is 2. The lowest BCUT2D eigenvalue weighted by molar-refractivity contribution is 0.155. The summed E-state index contributed by atoms with van der Waals surface area (Å²) < 4.78 is 11.1. The molecule has 0 amide bonds. The Morgan fingerprint density at radius 2 is 1.84 bits per heavy atom. The van der Waals surface area contributed by atoms with E-state index in [0.29, 0.717) is 6.10 Å². The molecule has 0 spiro atoms. The molecule has 2 rings (SSSR count). The molecule has 0 aliphatic heterocycles. The topological polar surface area (TPSA) is 54.9 Å². The van der Waals surface area contributed by atoms with Gasteiger partial charge in [0.15, 0.2) is 5.96 Å². The van der Waals surface area contributed by atoms with E-state index in [2.05, 4.69) is 39.9 Å². The lowest BCUT2D eigenvalue weighted by Crippen LogP contribution is -2.37. The molecule has 1 aliphatic carbocycles. The Balaban J connectivity index is 0.00000312. The van der Waals surface area contributed by atoms with Crippen LogP contribution in [0.4, 0.5) is 0 Å². The zero-order valence-corrected chi connectivity index (χ0v) is 17.8. The molecule has 0 unspecified atom stereocenters. The minimum absolute atomic E-state index is 0. The van der Waals surface area contributed by atoms with Crippen molar-refractivity contribution in [2.75, 3.05) is 27.3 Å². The van der Waals surface area contributed by atoms with Gasteiger partial charge in [-0.15, -0.1) is 24.0 Å². The minimum Gasteiger partial charge on any atom is -0.490 e. The number of guanidine groups is 1. The highest BCUT2D eigenvalue weighted by Gasteiger charge is 2.14. The van der Waals surface area contributed by atoms with Gasteiger partial charge in [0, 0.05) is 33.9 Å². The molecule has 0 radical (unpaired) electrons. The number of hydrogen-bond acceptors (Lipinski definition) is 3. The van der Waals surface area contributed by atoms with Crippen molar-refractivity contribution in [3.63, 3.8) is 0 Å². The third kappa shape index (κ3) is 8.76. The zero-order chi connectivity index (χ0) is 17.0. The van der Waals surface area contributed by atoms with Crippen LogP contribution in [0.15, 0.2) is 29.3 Å². The number of methoxy groups -OCH3 is 1. The predicted molar refractivity (Wildman–Crippen MR) is 114 cm³/mol. The standard InChI is InChI=1S/C19H31N3O2.HI/c1-20-19(21-13-6-14-23-2)22-15-16-9-11-18(12-10-16)24-17-7-4-3-5-8-17;/h9-12,17H,3-8,13-15H2,1-2H3,(H2,20,21,22);1H. The van der Waals surface area contributed by atoms with Crippen molar-refractivity contribution in [2.24, 2.45) is 4.99 Å². The highest BCUT2D eigenvalue weighted by molar-refractivity contribution is 14.0. The predicted octanol–water partition coefficient (Wildman–Crippen LogP) is 3.72. The Morgan fingerprint density at radius 1 is 1.12 bits per heavy atom. The molecule has 0 aromatic heterocycles. The second-order valence-electron chi connectivity index (χ2n) is 6.22. The first kappa shape index (κ1) is 22.0. The molecule has 1 saturated carbocycles. The van der Waals surface area contributed by atoms with Gasteiger partial charge in [0.1, 0.15) is 5.75 Å². The van der Waals surface area contributed by atoms with E-state index in [0.717, 1.165) is 37.8 Å². The maximum Gasteiger partial charge on any atom is 0.191 e. The lowest BCUT2D eigenvalue weighted by Gasteiger charge is -2.23. The van der Waals surface area contributed by atoms with E-state index >= 15 is 0 Å². The fourth-order valence-corrected chi connectivity index (χ4v) is 2.89. The summed E-state index contributed by atoms with van der Waals surface area (Å²) in [6.45, 7) is 2.35. The van der Waals surface area contributed by atoms with Gasteiger partial charge >= 0.3 is 0 Å². The summed E-state index contributed by atoms with van der Waals surface area (Å²) >= 11 is 0. The molecule has 0 saturated heterocycles. The van der Waals surface area contributed by atoms with Crippen molar-refractivity contribution in [3.05, 3.63) is 29.8 Å². The molecule has 0 bridgehead atoms. The molecule has 0 heterocycles. The van der Waals surface area contributed by atoms with Crippen LogP contribution >= 0.6 is 24.0 Å². The van der Waals surface area contributed by atoms with E-state index in [1.807, 2.05) is 0 Å². The molecule has 5 nitrogen and oxygen atoms in total. The van der Waals surface area contributed by atoms with Crippen LogP contribution in [0.2, 0.25) is 0 Å². The summed E-state index contributed by atoms with van der Waals surface area (Å²) in [7, 11) is 3.50. The second-order valence-corrected chi connectivity index (χ2v) is 6.22. The Hall–Kier alpha value is -1.02. The Kier molecular flexibility index (Phi) is 11.6. The molecule has 1 aromatic rings. The van der Waals surface area contributed by atoms with E-state index < -0.39 is 0 Å². The summed E-state index contributed by atoms with van der Waals surface area (Å²) in [5, 5.41) is 6.59. The maximum atomic E-state index is 6.06. The number of nitrogens with zero attached hydrogens (tertiary/aromatic N) is 1. The first-order valence-corrected chi connectivity index (χ1v) is 9.01. The van der Waals surface area contributed by atoms with Gasteiger partial charge in [-0.1, -0.05) is 18.6 Å². The number of aliphatic imine (C=N–C) groups is 1. The summed E-state index contributed by atoms with van der Waals surface area (Å²) in [6, 6.07) is 8.37. The third-order valence-electron chi connectivity index (χ3n) is 4.28. The van der Waals surface area contributed by atoms with Crippen LogP contribution in [-0.2, 0) is 11.3 Å². The lowest BCUT2D eigenvalue weighted by atomic mass is 9.98. The van der Waals surface area contributed by atoms with Crippen LogP contribution in [0.25, 0.3) is 0 Å². The largest absolute Gasteiger partial charge is 0.490 e. The highest BCUT2D eigenvalue weighted by Crippen LogP contribution is 2.23. The van der Waals surface area contributed by atoms with E-state index in [4.69, 9.17) is 9.47 Å². The van der Waals surface area contributed by atoms with Gasteiger partial charge in [-0.3, -0.25) is 4.99 Å². The number of ether oxygens (including phenoxy) is 2. The Bertz CT molecular complexity index is 488. The summed E-state index contributed by atoms with van der Waals surface area (Å²) in [5.74, 6) is 1.79. The quantitative estimate of drug-likeness (QED) is 0.268. The van der Waals surface area contributed by atoms with E-state index in [1.165, 1.54) is 37.7 Å². The van der Waals surface area contributed by atoms with Crippen molar-refractivity contribution in [1.29, 1.82) is 0 Å². The number of rotatable bonds is 8. The second kappa shape index (κ2) is 13.2. The van der Waals surface area contributed by atoms with Crippen LogP contribution in [0.3, 0.4) is 0 Å². The summed E-state index contributed by atoms with van der Waals surface area (Å²) in [4.78, 5) is 4.22. The van der Waals surface area contributed by atoms with Crippen molar-refractivity contribution < 1.29 is 9.47 Å². The minimum atomic E-state index is 0. The van der Waals surface area contributed by atoms with Gasteiger partial charge < -0.3 is 20.1 Å². The fourth-order valence-electron chi connectivity index (χ4n) is 2.89. The molecule has 25 heavy (non-hydrogen) atoms.